The highest BCUT2D eigenvalue weighted by Gasteiger charge is 2.26. The molecule has 4 rings (SSSR count). The minimum Gasteiger partial charge on any atom is -0.383 e. The standard InChI is InChI=1S/C21H26N6O2/c1-29-13-12-22-20(28)15-6-8-17(9-7-15)25-21-23-11-10-19(26-21)27-18-5-3-2-4-16(18)14-24-27/h2-5,10-11,14-15,17H,6-9,12-13H2,1H3,(H,22,28)(H,23,25,26). The predicted octanol–water partition coefficient (Wildman–Crippen LogP) is 2.55. The van der Waals surface area contributed by atoms with Crippen molar-refractivity contribution in [2.45, 2.75) is 31.7 Å². The van der Waals surface area contributed by atoms with Gasteiger partial charge in [-0.2, -0.15) is 10.1 Å². The van der Waals surface area contributed by atoms with Gasteiger partial charge in [-0.1, -0.05) is 18.2 Å². The highest BCUT2D eigenvalue weighted by molar-refractivity contribution is 5.80. The molecule has 8 nitrogen and oxygen atoms in total. The number of ether oxygens (including phenoxy) is 1. The van der Waals surface area contributed by atoms with Crippen LogP contribution in [-0.4, -0.2) is 52.0 Å². The number of amides is 1. The number of fused-ring (bicyclic) bond motifs is 1. The topological polar surface area (TPSA) is 94.0 Å². The van der Waals surface area contributed by atoms with Crippen molar-refractivity contribution in [1.29, 1.82) is 0 Å². The Morgan fingerprint density at radius 1 is 1.21 bits per heavy atom. The van der Waals surface area contributed by atoms with E-state index in [0.29, 0.717) is 19.1 Å². The maximum atomic E-state index is 12.2. The molecule has 1 aromatic carbocycles. The summed E-state index contributed by atoms with van der Waals surface area (Å²) in [4.78, 5) is 21.2. The molecule has 0 spiro atoms. The summed E-state index contributed by atoms with van der Waals surface area (Å²) in [6, 6.07) is 10.2. The lowest BCUT2D eigenvalue weighted by Gasteiger charge is -2.28. The van der Waals surface area contributed by atoms with Gasteiger partial charge in [-0.3, -0.25) is 4.79 Å². The van der Waals surface area contributed by atoms with Crippen LogP contribution in [-0.2, 0) is 9.53 Å². The average Bonchev–Trinajstić information content (AvgIpc) is 3.19. The number of rotatable bonds is 7. The van der Waals surface area contributed by atoms with Crippen LogP contribution < -0.4 is 10.6 Å². The molecule has 2 aromatic heterocycles. The smallest absolute Gasteiger partial charge is 0.224 e. The van der Waals surface area contributed by atoms with Crippen LogP contribution in [0.5, 0.6) is 0 Å². The van der Waals surface area contributed by atoms with Crippen molar-refractivity contribution in [3.63, 3.8) is 0 Å². The molecule has 152 valence electrons. The molecule has 0 aliphatic heterocycles. The number of nitrogens with zero attached hydrogens (tertiary/aromatic N) is 4. The number of hydrogen-bond donors (Lipinski definition) is 2. The van der Waals surface area contributed by atoms with E-state index in [-0.39, 0.29) is 17.9 Å². The first-order valence-electron chi connectivity index (χ1n) is 10.0. The largest absolute Gasteiger partial charge is 0.383 e. The molecule has 1 aliphatic rings. The third-order valence-electron chi connectivity index (χ3n) is 5.37. The minimum absolute atomic E-state index is 0.0765. The van der Waals surface area contributed by atoms with E-state index >= 15 is 0 Å². The Morgan fingerprint density at radius 2 is 2.03 bits per heavy atom. The first-order chi connectivity index (χ1) is 14.2. The van der Waals surface area contributed by atoms with E-state index in [1.807, 2.05) is 41.2 Å². The molecule has 8 heteroatoms. The first-order valence-corrected chi connectivity index (χ1v) is 10.0. The second kappa shape index (κ2) is 9.00. The van der Waals surface area contributed by atoms with Gasteiger partial charge in [0.25, 0.3) is 0 Å². The van der Waals surface area contributed by atoms with Crippen molar-refractivity contribution in [3.8, 4) is 5.82 Å². The van der Waals surface area contributed by atoms with E-state index in [2.05, 4.69) is 25.7 Å². The molecule has 2 N–H and O–H groups in total. The highest BCUT2D eigenvalue weighted by Crippen LogP contribution is 2.26. The van der Waals surface area contributed by atoms with E-state index in [1.165, 1.54) is 0 Å². The van der Waals surface area contributed by atoms with Gasteiger partial charge in [-0.15, -0.1) is 0 Å². The fraction of sp³-hybridized carbons (Fsp3) is 0.429. The van der Waals surface area contributed by atoms with Crippen molar-refractivity contribution in [2.24, 2.45) is 5.92 Å². The van der Waals surface area contributed by atoms with Crippen LogP contribution in [0.1, 0.15) is 25.7 Å². The summed E-state index contributed by atoms with van der Waals surface area (Å²) >= 11 is 0. The molecule has 0 bridgehead atoms. The zero-order valence-electron chi connectivity index (χ0n) is 16.5. The van der Waals surface area contributed by atoms with Crippen LogP contribution in [0.3, 0.4) is 0 Å². The predicted molar refractivity (Wildman–Crippen MR) is 111 cm³/mol. The molecule has 0 atom stereocenters. The molecule has 1 saturated carbocycles. The van der Waals surface area contributed by atoms with Crippen molar-refractivity contribution in [2.75, 3.05) is 25.6 Å². The maximum Gasteiger partial charge on any atom is 0.224 e. The molecule has 3 aromatic rings. The van der Waals surface area contributed by atoms with E-state index in [0.717, 1.165) is 42.4 Å². The van der Waals surface area contributed by atoms with Gasteiger partial charge in [0.1, 0.15) is 0 Å². The number of hydrogen-bond acceptors (Lipinski definition) is 6. The fourth-order valence-corrected chi connectivity index (χ4v) is 3.79. The number of para-hydroxylation sites is 1. The number of carbonyl (C=O) groups excluding carboxylic acids is 1. The number of benzene rings is 1. The normalized spacial score (nSPS) is 19.2. The van der Waals surface area contributed by atoms with Crippen molar-refractivity contribution in [1.82, 2.24) is 25.1 Å². The number of methoxy groups -OCH3 is 1. The molecular weight excluding hydrogens is 368 g/mol. The zero-order valence-corrected chi connectivity index (χ0v) is 16.5. The third kappa shape index (κ3) is 4.54. The van der Waals surface area contributed by atoms with Crippen LogP contribution in [0.25, 0.3) is 16.7 Å². The number of aromatic nitrogens is 4. The Kier molecular flexibility index (Phi) is 6.00. The van der Waals surface area contributed by atoms with Gasteiger partial charge >= 0.3 is 0 Å². The monoisotopic (exact) mass is 394 g/mol. The Bertz CT molecular complexity index is 964. The molecule has 0 saturated heterocycles. The molecule has 1 aliphatic carbocycles. The van der Waals surface area contributed by atoms with Crippen LogP contribution in [0, 0.1) is 5.92 Å². The fourth-order valence-electron chi connectivity index (χ4n) is 3.79. The highest BCUT2D eigenvalue weighted by atomic mass is 16.5. The summed E-state index contributed by atoms with van der Waals surface area (Å²) in [7, 11) is 1.63. The molecular formula is C21H26N6O2. The Labute approximate surface area is 169 Å². The molecule has 29 heavy (non-hydrogen) atoms. The van der Waals surface area contributed by atoms with E-state index in [1.54, 1.807) is 13.3 Å². The van der Waals surface area contributed by atoms with Crippen LogP contribution in [0.4, 0.5) is 5.95 Å². The summed E-state index contributed by atoms with van der Waals surface area (Å²) < 4.78 is 6.80. The maximum absolute atomic E-state index is 12.2. The summed E-state index contributed by atoms with van der Waals surface area (Å²) in [5.74, 6) is 1.53. The summed E-state index contributed by atoms with van der Waals surface area (Å²) in [5.41, 5.74) is 1.01. The number of anilines is 1. The Balaban J connectivity index is 1.36. The summed E-state index contributed by atoms with van der Waals surface area (Å²) in [6.45, 7) is 1.11. The average molecular weight is 394 g/mol. The Hall–Kier alpha value is -3.00. The first kappa shape index (κ1) is 19.3. The number of nitrogens with one attached hydrogen (secondary N) is 2. The van der Waals surface area contributed by atoms with Gasteiger partial charge in [0, 0.05) is 43.3 Å². The van der Waals surface area contributed by atoms with Crippen LogP contribution in [0.2, 0.25) is 0 Å². The lowest BCUT2D eigenvalue weighted by molar-refractivity contribution is -0.126. The Morgan fingerprint density at radius 3 is 2.86 bits per heavy atom. The van der Waals surface area contributed by atoms with Crippen molar-refractivity contribution < 1.29 is 9.53 Å². The third-order valence-corrected chi connectivity index (χ3v) is 5.37. The minimum atomic E-state index is 0.0765. The van der Waals surface area contributed by atoms with E-state index in [9.17, 15) is 4.79 Å². The zero-order chi connectivity index (χ0) is 20.1. The van der Waals surface area contributed by atoms with Gasteiger partial charge < -0.3 is 15.4 Å². The molecule has 2 heterocycles. The summed E-state index contributed by atoms with van der Waals surface area (Å²) in [6.07, 6.45) is 7.14. The van der Waals surface area contributed by atoms with Gasteiger partial charge in [-0.05, 0) is 31.7 Å². The molecule has 1 amide bonds. The van der Waals surface area contributed by atoms with Crippen LogP contribution >= 0.6 is 0 Å². The van der Waals surface area contributed by atoms with Crippen molar-refractivity contribution >= 4 is 22.8 Å². The molecule has 0 radical (unpaired) electrons. The molecule has 0 unspecified atom stereocenters. The number of carbonyl (C=O) groups is 1. The van der Waals surface area contributed by atoms with E-state index < -0.39 is 0 Å². The second-order valence-corrected chi connectivity index (χ2v) is 7.33. The molecule has 1 fully saturated rings. The SMILES string of the molecule is COCCNC(=O)C1CCC(Nc2nccc(-n3ncc4ccccc43)n2)CC1. The lowest BCUT2D eigenvalue weighted by atomic mass is 9.85. The van der Waals surface area contributed by atoms with Crippen LogP contribution in [0.15, 0.2) is 42.7 Å². The van der Waals surface area contributed by atoms with Gasteiger partial charge in [0.15, 0.2) is 5.82 Å². The van der Waals surface area contributed by atoms with Gasteiger partial charge in [0.2, 0.25) is 11.9 Å². The quantitative estimate of drug-likeness (QED) is 0.598. The van der Waals surface area contributed by atoms with Gasteiger partial charge in [0.05, 0.1) is 18.3 Å². The summed E-state index contributed by atoms with van der Waals surface area (Å²) in [5, 5.41) is 11.9. The van der Waals surface area contributed by atoms with Gasteiger partial charge in [-0.25, -0.2) is 9.67 Å². The second-order valence-electron chi connectivity index (χ2n) is 7.33. The van der Waals surface area contributed by atoms with E-state index in [4.69, 9.17) is 4.74 Å². The lowest BCUT2D eigenvalue weighted by Crippen LogP contribution is -2.37. The van der Waals surface area contributed by atoms with Crippen molar-refractivity contribution in [3.05, 3.63) is 42.7 Å².